The topological polar surface area (TPSA) is 35.0 Å². The predicted molar refractivity (Wildman–Crippen MR) is 85.9 cm³/mol. The minimum atomic E-state index is 0.469. The lowest BCUT2D eigenvalue weighted by atomic mass is 10.1. The Kier molecular flexibility index (Phi) is 3.76. The molecule has 0 N–H and O–H groups in total. The van der Waals surface area contributed by atoms with Crippen molar-refractivity contribution in [1.29, 1.82) is 0 Å². The fourth-order valence-electron chi connectivity index (χ4n) is 2.31. The van der Waals surface area contributed by atoms with Crippen molar-refractivity contribution in [1.82, 2.24) is 9.97 Å². The molecule has 0 saturated carbocycles. The molecular formula is C17H15ClN2O. The van der Waals surface area contributed by atoms with Crippen molar-refractivity contribution in [3.8, 4) is 17.1 Å². The summed E-state index contributed by atoms with van der Waals surface area (Å²) in [6, 6.07) is 13.8. The van der Waals surface area contributed by atoms with Gasteiger partial charge in [0.05, 0.1) is 18.2 Å². The van der Waals surface area contributed by atoms with Crippen LogP contribution in [0.5, 0.6) is 5.75 Å². The lowest BCUT2D eigenvalue weighted by molar-refractivity contribution is 0.416. The Morgan fingerprint density at radius 2 is 1.90 bits per heavy atom. The summed E-state index contributed by atoms with van der Waals surface area (Å²) in [6.07, 6.45) is 0.959. The molecule has 3 rings (SSSR count). The van der Waals surface area contributed by atoms with Gasteiger partial charge >= 0.3 is 0 Å². The molecule has 0 amide bonds. The first-order valence-corrected chi connectivity index (χ1v) is 7.20. The van der Waals surface area contributed by atoms with Crippen molar-refractivity contribution in [2.75, 3.05) is 7.11 Å². The average Bonchev–Trinajstić information content (AvgIpc) is 2.54. The largest absolute Gasteiger partial charge is 0.496 e. The van der Waals surface area contributed by atoms with Crippen LogP contribution >= 0.6 is 11.6 Å². The number of benzene rings is 2. The van der Waals surface area contributed by atoms with Gasteiger partial charge in [-0.05, 0) is 36.2 Å². The highest BCUT2D eigenvalue weighted by atomic mass is 35.5. The third kappa shape index (κ3) is 2.57. The van der Waals surface area contributed by atoms with Crippen LogP contribution in [0.1, 0.15) is 12.5 Å². The van der Waals surface area contributed by atoms with Crippen molar-refractivity contribution in [3.63, 3.8) is 0 Å². The summed E-state index contributed by atoms with van der Waals surface area (Å²) in [6.45, 7) is 2.11. The van der Waals surface area contributed by atoms with E-state index in [1.165, 1.54) is 5.56 Å². The Bertz CT molecular complexity index is 802. The molecule has 0 aliphatic rings. The zero-order valence-corrected chi connectivity index (χ0v) is 12.7. The van der Waals surface area contributed by atoms with E-state index in [-0.39, 0.29) is 0 Å². The number of rotatable bonds is 3. The number of halogens is 1. The van der Waals surface area contributed by atoms with Crippen LogP contribution in [0.3, 0.4) is 0 Å². The molecule has 3 nitrogen and oxygen atoms in total. The summed E-state index contributed by atoms with van der Waals surface area (Å²) < 4.78 is 5.37. The van der Waals surface area contributed by atoms with E-state index in [9.17, 15) is 0 Å². The second kappa shape index (κ2) is 5.70. The minimum Gasteiger partial charge on any atom is -0.496 e. The average molecular weight is 299 g/mol. The van der Waals surface area contributed by atoms with Crippen LogP contribution in [0.2, 0.25) is 5.15 Å². The van der Waals surface area contributed by atoms with Crippen LogP contribution < -0.4 is 4.74 Å². The Balaban J connectivity index is 2.21. The zero-order chi connectivity index (χ0) is 14.8. The molecule has 1 aromatic heterocycles. The summed E-state index contributed by atoms with van der Waals surface area (Å²) in [7, 11) is 1.63. The van der Waals surface area contributed by atoms with Crippen LogP contribution in [0.25, 0.3) is 22.3 Å². The number of fused-ring (bicyclic) bond motifs is 1. The minimum absolute atomic E-state index is 0.469. The summed E-state index contributed by atoms with van der Waals surface area (Å²) >= 11 is 6.34. The summed E-state index contributed by atoms with van der Waals surface area (Å²) in [5.74, 6) is 1.31. The van der Waals surface area contributed by atoms with Crippen LogP contribution in [-0.2, 0) is 6.42 Å². The molecule has 1 heterocycles. The molecule has 0 aliphatic heterocycles. The van der Waals surface area contributed by atoms with Gasteiger partial charge in [0.2, 0.25) is 0 Å². The number of nitrogens with zero attached hydrogens (tertiary/aromatic N) is 2. The quantitative estimate of drug-likeness (QED) is 0.667. The smallest absolute Gasteiger partial charge is 0.165 e. The van der Waals surface area contributed by atoms with Crippen LogP contribution in [0, 0.1) is 0 Å². The van der Waals surface area contributed by atoms with Crippen molar-refractivity contribution >= 4 is 22.5 Å². The summed E-state index contributed by atoms with van der Waals surface area (Å²) in [5, 5.41) is 1.35. The van der Waals surface area contributed by atoms with Crippen LogP contribution in [-0.4, -0.2) is 17.1 Å². The Morgan fingerprint density at radius 1 is 1.10 bits per heavy atom. The molecule has 0 fully saturated rings. The first kappa shape index (κ1) is 13.8. The van der Waals surface area contributed by atoms with Gasteiger partial charge in [-0.2, -0.15) is 0 Å². The van der Waals surface area contributed by atoms with E-state index < -0.39 is 0 Å². The van der Waals surface area contributed by atoms with Crippen LogP contribution in [0.15, 0.2) is 42.5 Å². The second-order valence-electron chi connectivity index (χ2n) is 4.74. The van der Waals surface area contributed by atoms with Gasteiger partial charge in [-0.15, -0.1) is 0 Å². The molecule has 3 aromatic rings. The number of hydrogen-bond donors (Lipinski definition) is 0. The van der Waals surface area contributed by atoms with Gasteiger partial charge in [-0.3, -0.25) is 0 Å². The number of ether oxygens (including phenoxy) is 1. The van der Waals surface area contributed by atoms with Crippen molar-refractivity contribution in [3.05, 3.63) is 53.2 Å². The van der Waals surface area contributed by atoms with E-state index in [4.69, 9.17) is 16.3 Å². The van der Waals surface area contributed by atoms with E-state index in [0.29, 0.717) is 11.0 Å². The second-order valence-corrected chi connectivity index (χ2v) is 5.10. The molecule has 2 aromatic carbocycles. The van der Waals surface area contributed by atoms with Crippen LogP contribution in [0.4, 0.5) is 0 Å². The summed E-state index contributed by atoms with van der Waals surface area (Å²) in [4.78, 5) is 9.04. The fourth-order valence-corrected chi connectivity index (χ4v) is 2.54. The Hall–Kier alpha value is -2.13. The molecule has 0 radical (unpaired) electrons. The van der Waals surface area contributed by atoms with Gasteiger partial charge in [-0.1, -0.05) is 36.7 Å². The lowest BCUT2D eigenvalue weighted by Gasteiger charge is -2.09. The van der Waals surface area contributed by atoms with Gasteiger partial charge in [0.15, 0.2) is 5.82 Å². The zero-order valence-electron chi connectivity index (χ0n) is 11.9. The van der Waals surface area contributed by atoms with Gasteiger partial charge in [0.25, 0.3) is 0 Å². The first-order valence-electron chi connectivity index (χ1n) is 6.82. The molecule has 4 heteroatoms. The predicted octanol–water partition coefficient (Wildman–Crippen LogP) is 4.52. The van der Waals surface area contributed by atoms with E-state index in [2.05, 4.69) is 23.0 Å². The van der Waals surface area contributed by atoms with Gasteiger partial charge in [0.1, 0.15) is 10.9 Å². The maximum atomic E-state index is 6.34. The fraction of sp³-hybridized carbons (Fsp3) is 0.176. The number of hydrogen-bond acceptors (Lipinski definition) is 3. The maximum Gasteiger partial charge on any atom is 0.165 e. The SMILES string of the molecule is CCc1ccc2nc(-c3ccccc3OC)nc(Cl)c2c1. The van der Waals surface area contributed by atoms with E-state index in [1.54, 1.807) is 7.11 Å². The molecule has 0 spiro atoms. The number of aromatic nitrogens is 2. The van der Waals surface area contributed by atoms with Crippen molar-refractivity contribution < 1.29 is 4.74 Å². The molecule has 0 saturated heterocycles. The molecule has 0 atom stereocenters. The van der Waals surface area contributed by atoms with E-state index >= 15 is 0 Å². The highest BCUT2D eigenvalue weighted by Crippen LogP contribution is 2.30. The van der Waals surface area contributed by atoms with Gasteiger partial charge in [-0.25, -0.2) is 9.97 Å². The maximum absolute atomic E-state index is 6.34. The standard InChI is InChI=1S/C17H15ClN2O/c1-3-11-8-9-14-13(10-11)16(18)20-17(19-14)12-6-4-5-7-15(12)21-2/h4-10H,3H2,1-2H3. The number of para-hydroxylation sites is 1. The normalized spacial score (nSPS) is 10.8. The van der Waals surface area contributed by atoms with E-state index in [0.717, 1.165) is 28.6 Å². The highest BCUT2D eigenvalue weighted by Gasteiger charge is 2.12. The van der Waals surface area contributed by atoms with Gasteiger partial charge in [0, 0.05) is 5.39 Å². The number of aryl methyl sites for hydroxylation is 1. The molecule has 0 bridgehead atoms. The molecule has 0 unspecified atom stereocenters. The molecule has 106 valence electrons. The summed E-state index contributed by atoms with van der Waals surface area (Å²) in [5.41, 5.74) is 2.90. The Labute approximate surface area is 128 Å². The van der Waals surface area contributed by atoms with Gasteiger partial charge < -0.3 is 4.74 Å². The number of methoxy groups -OCH3 is 1. The monoisotopic (exact) mass is 298 g/mol. The first-order chi connectivity index (χ1) is 10.2. The third-order valence-electron chi connectivity index (χ3n) is 3.47. The molecule has 21 heavy (non-hydrogen) atoms. The molecular weight excluding hydrogens is 284 g/mol. The van der Waals surface area contributed by atoms with Crippen molar-refractivity contribution in [2.24, 2.45) is 0 Å². The lowest BCUT2D eigenvalue weighted by Crippen LogP contribution is -1.95. The van der Waals surface area contributed by atoms with E-state index in [1.807, 2.05) is 36.4 Å². The van der Waals surface area contributed by atoms with Crippen molar-refractivity contribution in [2.45, 2.75) is 13.3 Å². The Morgan fingerprint density at radius 3 is 2.67 bits per heavy atom. The highest BCUT2D eigenvalue weighted by molar-refractivity contribution is 6.34. The molecule has 0 aliphatic carbocycles. The third-order valence-corrected chi connectivity index (χ3v) is 3.76.